The van der Waals surface area contributed by atoms with Crippen LogP contribution < -0.4 is 11.1 Å². The summed E-state index contributed by atoms with van der Waals surface area (Å²) in [4.78, 5) is 65.0. The first kappa shape index (κ1) is 36.3. The first-order valence-corrected chi connectivity index (χ1v) is 18.5. The molecule has 0 bridgehead atoms. The maximum absolute atomic E-state index is 13.9. The molecule has 2 aliphatic heterocycles. The third kappa shape index (κ3) is 8.24. The van der Waals surface area contributed by atoms with Crippen molar-refractivity contribution in [2.75, 3.05) is 15.9 Å². The van der Waals surface area contributed by atoms with Gasteiger partial charge in [0.2, 0.25) is 17.1 Å². The van der Waals surface area contributed by atoms with E-state index in [1.54, 1.807) is 20.8 Å². The smallest absolute Gasteiger partial charge is 0.356 e. The quantitative estimate of drug-likeness (QED) is 0.0702. The van der Waals surface area contributed by atoms with E-state index in [1.165, 1.54) is 30.5 Å². The molecule has 1 aromatic heterocycles. The Morgan fingerprint density at radius 2 is 1.67 bits per heavy atom. The van der Waals surface area contributed by atoms with E-state index in [1.807, 2.05) is 60.7 Å². The second kappa shape index (κ2) is 14.8. The average molecular weight is 819 g/mol. The zero-order chi connectivity index (χ0) is 35.5. The number of aromatic nitrogens is 2. The molecular formula is C33H35IN6O7S2. The van der Waals surface area contributed by atoms with Gasteiger partial charge >= 0.3 is 11.9 Å². The van der Waals surface area contributed by atoms with Gasteiger partial charge in [0.05, 0.1) is 0 Å². The number of benzene rings is 2. The Kier molecular flexibility index (Phi) is 11.0. The number of alkyl halides is 1. The largest absolute Gasteiger partial charge is 0.457 e. The molecule has 3 heterocycles. The van der Waals surface area contributed by atoms with Gasteiger partial charge in [-0.15, -0.1) is 11.8 Å². The van der Waals surface area contributed by atoms with Gasteiger partial charge in [-0.2, -0.15) is 9.36 Å². The number of oxime groups is 1. The van der Waals surface area contributed by atoms with Crippen molar-refractivity contribution in [3.63, 3.8) is 0 Å². The fourth-order valence-electron chi connectivity index (χ4n) is 4.84. The molecule has 5 rings (SSSR count). The lowest BCUT2D eigenvalue weighted by Crippen LogP contribution is -2.71. The molecule has 13 nitrogen and oxygen atoms in total. The summed E-state index contributed by atoms with van der Waals surface area (Å²) in [7, 11) is 0. The number of thioether (sulfide) groups is 1. The predicted molar refractivity (Wildman–Crippen MR) is 194 cm³/mol. The standard InChI is InChI=1S/C33H35IN6O7S2/c1-32(2,3)46-30(44)33(4,5)47-38-21(25-37-31(35)49-39-25)26(41)36-22-27(42)40-23(20(16-34)17-48-28(22)40)29(43)45-24(18-12-8-6-9-13-18)19-14-10-7-11-15-19/h6-15,22,24,28H,16-17H2,1-5H3,(H,36,41)(H2,35,37,39)/b38-21-/t22-,28-/m1/s1. The number of β-lactam (4-membered cyclic amide) rings is 1. The number of halogens is 1. The van der Waals surface area contributed by atoms with Gasteiger partial charge in [-0.3, -0.25) is 14.5 Å². The van der Waals surface area contributed by atoms with E-state index in [0.717, 1.165) is 28.2 Å². The number of nitrogen functional groups attached to an aromatic ring is 1. The molecule has 3 N–H and O–H groups in total. The Hall–Kier alpha value is -4.03. The summed E-state index contributed by atoms with van der Waals surface area (Å²) >= 11 is 4.40. The number of esters is 2. The predicted octanol–water partition coefficient (Wildman–Crippen LogP) is 4.38. The molecule has 2 amide bonds. The maximum atomic E-state index is 13.9. The lowest BCUT2D eigenvalue weighted by atomic mass is 10.0. The van der Waals surface area contributed by atoms with Crippen molar-refractivity contribution in [3.8, 4) is 0 Å². The van der Waals surface area contributed by atoms with Gasteiger partial charge in [-0.1, -0.05) is 88.4 Å². The molecule has 0 radical (unpaired) electrons. The van der Waals surface area contributed by atoms with Crippen molar-refractivity contribution in [2.45, 2.75) is 63.3 Å². The Labute approximate surface area is 305 Å². The van der Waals surface area contributed by atoms with Crippen LogP contribution in [0.2, 0.25) is 0 Å². The first-order chi connectivity index (χ1) is 23.2. The summed E-state index contributed by atoms with van der Waals surface area (Å²) in [5, 5.41) is 6.10. The summed E-state index contributed by atoms with van der Waals surface area (Å²) in [6, 6.07) is 17.7. The molecule has 1 fully saturated rings. The highest BCUT2D eigenvalue weighted by Crippen LogP contribution is 2.42. The molecule has 0 aliphatic carbocycles. The number of ether oxygens (including phenoxy) is 2. The SMILES string of the molecule is CC(C)(C)OC(=O)C(C)(C)O/N=C(\C(=O)N[C@@H]1C(=O)N2C(C(=O)OC(c3ccccc3)c3ccccc3)=C(CI)CS[C@H]12)c1nsc(N)n1. The third-order valence-electron chi connectivity index (χ3n) is 7.24. The van der Waals surface area contributed by atoms with E-state index in [9.17, 15) is 19.2 Å². The van der Waals surface area contributed by atoms with E-state index in [4.69, 9.17) is 20.0 Å². The van der Waals surface area contributed by atoms with E-state index in [-0.39, 0.29) is 16.7 Å². The van der Waals surface area contributed by atoms with Gasteiger partial charge in [0.1, 0.15) is 22.7 Å². The van der Waals surface area contributed by atoms with E-state index >= 15 is 0 Å². The summed E-state index contributed by atoms with van der Waals surface area (Å²) in [5.41, 5.74) is 5.46. The Morgan fingerprint density at radius 1 is 1.06 bits per heavy atom. The second-order valence-electron chi connectivity index (χ2n) is 12.6. The number of amides is 2. The lowest BCUT2D eigenvalue weighted by Gasteiger charge is -2.49. The van der Waals surface area contributed by atoms with Crippen LogP contribution in [0.3, 0.4) is 0 Å². The average Bonchev–Trinajstić information content (AvgIpc) is 3.50. The summed E-state index contributed by atoms with van der Waals surface area (Å²) in [5.74, 6) is -2.41. The van der Waals surface area contributed by atoms with Crippen molar-refractivity contribution in [1.82, 2.24) is 19.6 Å². The lowest BCUT2D eigenvalue weighted by molar-refractivity contribution is -0.179. The highest BCUT2D eigenvalue weighted by molar-refractivity contribution is 14.1. The highest BCUT2D eigenvalue weighted by atomic mass is 127. The summed E-state index contributed by atoms with van der Waals surface area (Å²) in [6.07, 6.45) is -0.709. The molecule has 0 spiro atoms. The number of rotatable bonds is 11. The number of carbonyl (C=O) groups is 4. The minimum absolute atomic E-state index is 0.0690. The number of fused-ring (bicyclic) bond motifs is 1. The number of nitrogens with one attached hydrogen (secondary N) is 1. The molecule has 0 unspecified atom stereocenters. The Morgan fingerprint density at radius 3 is 2.20 bits per heavy atom. The number of nitrogens with two attached hydrogens (primary N) is 1. The number of hydrogen-bond acceptors (Lipinski definition) is 13. The van der Waals surface area contributed by atoms with Crippen molar-refractivity contribution in [2.24, 2.45) is 5.16 Å². The van der Waals surface area contributed by atoms with Crippen LogP contribution in [-0.4, -0.2) is 76.5 Å². The molecule has 16 heteroatoms. The molecular weight excluding hydrogens is 783 g/mol. The summed E-state index contributed by atoms with van der Waals surface area (Å²) in [6.45, 7) is 8.00. The third-order valence-corrected chi connectivity index (χ3v) is 10.0. The fourth-order valence-corrected chi connectivity index (χ4v) is 7.62. The van der Waals surface area contributed by atoms with Crippen LogP contribution in [0, 0.1) is 0 Å². The Balaban J connectivity index is 1.36. The summed E-state index contributed by atoms with van der Waals surface area (Å²) < 4.78 is 16.1. The molecule has 49 heavy (non-hydrogen) atoms. The van der Waals surface area contributed by atoms with Crippen LogP contribution >= 0.6 is 45.9 Å². The second-order valence-corrected chi connectivity index (χ2v) is 15.2. The van der Waals surface area contributed by atoms with Crippen LogP contribution in [0.25, 0.3) is 0 Å². The van der Waals surface area contributed by atoms with Gasteiger partial charge in [0.25, 0.3) is 11.8 Å². The fraction of sp³-hybridized carbons (Fsp3) is 0.364. The van der Waals surface area contributed by atoms with Crippen molar-refractivity contribution < 1.29 is 33.5 Å². The van der Waals surface area contributed by atoms with Crippen molar-refractivity contribution in [1.29, 1.82) is 0 Å². The van der Waals surface area contributed by atoms with Gasteiger partial charge in [-0.05, 0) is 51.3 Å². The van der Waals surface area contributed by atoms with Crippen LogP contribution in [-0.2, 0) is 33.5 Å². The van der Waals surface area contributed by atoms with Gasteiger partial charge < -0.3 is 25.4 Å². The van der Waals surface area contributed by atoms with Crippen molar-refractivity contribution >= 4 is 80.5 Å². The zero-order valence-corrected chi connectivity index (χ0v) is 31.1. The Bertz CT molecular complexity index is 1750. The van der Waals surface area contributed by atoms with Crippen molar-refractivity contribution in [3.05, 3.63) is 88.9 Å². The van der Waals surface area contributed by atoms with Gasteiger partial charge in [0, 0.05) is 21.7 Å². The maximum Gasteiger partial charge on any atom is 0.356 e. The molecule has 2 aliphatic rings. The number of anilines is 1. The van der Waals surface area contributed by atoms with E-state index in [0.29, 0.717) is 10.2 Å². The van der Waals surface area contributed by atoms with Gasteiger partial charge in [-0.25, -0.2) is 9.59 Å². The van der Waals surface area contributed by atoms with Crippen LogP contribution in [0.1, 0.15) is 57.7 Å². The number of nitrogens with zero attached hydrogens (tertiary/aromatic N) is 4. The first-order valence-electron chi connectivity index (χ1n) is 15.1. The molecule has 0 saturated carbocycles. The monoisotopic (exact) mass is 818 g/mol. The minimum Gasteiger partial charge on any atom is -0.457 e. The van der Waals surface area contributed by atoms with E-state index in [2.05, 4.69) is 42.4 Å². The molecule has 3 aromatic rings. The molecule has 258 valence electrons. The zero-order valence-electron chi connectivity index (χ0n) is 27.3. The molecule has 2 aromatic carbocycles. The minimum atomic E-state index is -1.59. The van der Waals surface area contributed by atoms with Gasteiger partial charge in [0.15, 0.2) is 11.2 Å². The highest BCUT2D eigenvalue weighted by Gasteiger charge is 2.55. The molecule has 2 atom stereocenters. The van der Waals surface area contributed by atoms with E-state index < -0.39 is 58.2 Å². The number of hydrogen-bond donors (Lipinski definition) is 2. The van der Waals surface area contributed by atoms with Crippen LogP contribution in [0.5, 0.6) is 0 Å². The molecule has 1 saturated heterocycles. The van der Waals surface area contributed by atoms with Crippen LogP contribution in [0.4, 0.5) is 5.13 Å². The topological polar surface area (TPSA) is 175 Å². The van der Waals surface area contributed by atoms with Crippen LogP contribution in [0.15, 0.2) is 77.1 Å². The number of carbonyl (C=O) groups excluding carboxylic acids is 4. The normalized spacial score (nSPS) is 18.1.